The highest BCUT2D eigenvalue weighted by atomic mass is 16.2. The summed E-state index contributed by atoms with van der Waals surface area (Å²) < 4.78 is 0. The third-order valence-corrected chi connectivity index (χ3v) is 3.01. The Bertz CT molecular complexity index is 511. The van der Waals surface area contributed by atoms with E-state index in [1.807, 2.05) is 55.6 Å². The molecule has 2 rings (SSSR count). The van der Waals surface area contributed by atoms with Crippen LogP contribution in [-0.2, 0) is 17.8 Å². The molecule has 1 heterocycles. The lowest BCUT2D eigenvalue weighted by atomic mass is 10.2. The largest absolute Gasteiger partial charge is 0.341 e. The molecule has 0 fully saturated rings. The number of nitrogens with zero attached hydrogens (tertiary/aromatic N) is 2. The number of hydrogen-bond donors (Lipinski definition) is 0. The Hall–Kier alpha value is -2.16. The molecule has 0 N–H and O–H groups in total. The Morgan fingerprint density at radius 3 is 2.53 bits per heavy atom. The fourth-order valence-corrected chi connectivity index (χ4v) is 1.92. The molecular weight excluding hydrogens is 236 g/mol. The molecule has 0 radical (unpaired) electrons. The number of hydrogen-bond acceptors (Lipinski definition) is 2. The zero-order chi connectivity index (χ0) is 13.5. The molecule has 19 heavy (non-hydrogen) atoms. The number of aromatic nitrogens is 1. The van der Waals surface area contributed by atoms with E-state index in [4.69, 9.17) is 0 Å². The van der Waals surface area contributed by atoms with Gasteiger partial charge in [0.05, 0.1) is 0 Å². The van der Waals surface area contributed by atoms with Crippen LogP contribution in [0.3, 0.4) is 0 Å². The van der Waals surface area contributed by atoms with Crippen LogP contribution in [0.2, 0.25) is 0 Å². The molecule has 0 aliphatic rings. The molecule has 0 saturated heterocycles. The van der Waals surface area contributed by atoms with Gasteiger partial charge in [-0.3, -0.25) is 9.78 Å². The predicted molar refractivity (Wildman–Crippen MR) is 75.5 cm³/mol. The molecule has 1 aromatic heterocycles. The zero-order valence-corrected chi connectivity index (χ0v) is 11.1. The maximum atomic E-state index is 12.0. The van der Waals surface area contributed by atoms with Crippen LogP contribution >= 0.6 is 0 Å². The van der Waals surface area contributed by atoms with Gasteiger partial charge in [0.15, 0.2) is 0 Å². The quantitative estimate of drug-likeness (QED) is 0.822. The molecule has 0 saturated carbocycles. The van der Waals surface area contributed by atoms with Crippen molar-refractivity contribution in [2.24, 2.45) is 0 Å². The Balaban J connectivity index is 1.83. The molecule has 3 nitrogen and oxygen atoms in total. The molecule has 1 aromatic carbocycles. The van der Waals surface area contributed by atoms with Crippen molar-refractivity contribution in [3.63, 3.8) is 0 Å². The first-order chi connectivity index (χ1) is 9.25. The van der Waals surface area contributed by atoms with Crippen LogP contribution in [0.25, 0.3) is 0 Å². The van der Waals surface area contributed by atoms with Gasteiger partial charge in [-0.15, -0.1) is 0 Å². The van der Waals surface area contributed by atoms with Crippen LogP contribution in [-0.4, -0.2) is 22.8 Å². The number of aryl methyl sites for hydroxylation is 1. The molecule has 2 aromatic rings. The molecule has 0 bridgehead atoms. The lowest BCUT2D eigenvalue weighted by Gasteiger charge is -2.17. The van der Waals surface area contributed by atoms with Gasteiger partial charge in [0.25, 0.3) is 0 Å². The first-order valence-electron chi connectivity index (χ1n) is 6.43. The standard InChI is InChI=1S/C16H18N2O/c1-18(13-14-7-3-2-4-8-14)16(19)11-10-15-9-5-6-12-17-15/h2-9,12H,10-11,13H2,1H3. The Kier molecular flexibility index (Phi) is 4.67. The summed E-state index contributed by atoms with van der Waals surface area (Å²) in [6, 6.07) is 15.8. The topological polar surface area (TPSA) is 33.2 Å². The maximum absolute atomic E-state index is 12.0. The van der Waals surface area contributed by atoms with E-state index in [-0.39, 0.29) is 5.91 Å². The van der Waals surface area contributed by atoms with Crippen LogP contribution in [0.5, 0.6) is 0 Å². The minimum absolute atomic E-state index is 0.148. The lowest BCUT2D eigenvalue weighted by Crippen LogP contribution is -2.26. The fourth-order valence-electron chi connectivity index (χ4n) is 1.92. The number of rotatable bonds is 5. The van der Waals surface area contributed by atoms with Gasteiger partial charge >= 0.3 is 0 Å². The van der Waals surface area contributed by atoms with E-state index in [2.05, 4.69) is 4.98 Å². The molecule has 0 atom stereocenters. The van der Waals surface area contributed by atoms with Crippen LogP contribution in [0.4, 0.5) is 0 Å². The number of amides is 1. The summed E-state index contributed by atoms with van der Waals surface area (Å²) in [5, 5.41) is 0. The van der Waals surface area contributed by atoms with E-state index < -0.39 is 0 Å². The average molecular weight is 254 g/mol. The number of carbonyl (C=O) groups excluding carboxylic acids is 1. The van der Waals surface area contributed by atoms with Crippen molar-refractivity contribution < 1.29 is 4.79 Å². The molecular formula is C16H18N2O. The minimum atomic E-state index is 0.148. The van der Waals surface area contributed by atoms with Gasteiger partial charge in [0, 0.05) is 31.9 Å². The molecule has 3 heteroatoms. The van der Waals surface area contributed by atoms with Crippen LogP contribution < -0.4 is 0 Å². The van der Waals surface area contributed by atoms with Crippen molar-refractivity contribution in [1.82, 2.24) is 9.88 Å². The normalized spacial score (nSPS) is 10.2. The van der Waals surface area contributed by atoms with Crippen molar-refractivity contribution in [2.75, 3.05) is 7.05 Å². The predicted octanol–water partition coefficient (Wildman–Crippen LogP) is 2.67. The minimum Gasteiger partial charge on any atom is -0.341 e. The lowest BCUT2D eigenvalue weighted by molar-refractivity contribution is -0.130. The third-order valence-electron chi connectivity index (χ3n) is 3.01. The van der Waals surface area contributed by atoms with Gasteiger partial charge in [0.1, 0.15) is 0 Å². The number of pyridine rings is 1. The second kappa shape index (κ2) is 6.69. The van der Waals surface area contributed by atoms with Crippen LogP contribution in [0, 0.1) is 0 Å². The molecule has 1 amide bonds. The van der Waals surface area contributed by atoms with Gasteiger partial charge < -0.3 is 4.90 Å². The van der Waals surface area contributed by atoms with Crippen molar-refractivity contribution in [1.29, 1.82) is 0 Å². The van der Waals surface area contributed by atoms with Gasteiger partial charge in [0.2, 0.25) is 5.91 Å². The van der Waals surface area contributed by atoms with Crippen LogP contribution in [0.1, 0.15) is 17.7 Å². The second-order valence-electron chi connectivity index (χ2n) is 4.56. The molecule has 0 spiro atoms. The van der Waals surface area contributed by atoms with E-state index in [0.29, 0.717) is 19.4 Å². The summed E-state index contributed by atoms with van der Waals surface area (Å²) in [4.78, 5) is 18.0. The molecule has 98 valence electrons. The van der Waals surface area contributed by atoms with Crippen LogP contribution in [0.15, 0.2) is 54.7 Å². The third kappa shape index (κ3) is 4.21. The monoisotopic (exact) mass is 254 g/mol. The molecule has 0 unspecified atom stereocenters. The maximum Gasteiger partial charge on any atom is 0.223 e. The average Bonchev–Trinajstić information content (AvgIpc) is 2.47. The van der Waals surface area contributed by atoms with Gasteiger partial charge in [-0.1, -0.05) is 36.4 Å². The highest BCUT2D eigenvalue weighted by Gasteiger charge is 2.09. The summed E-state index contributed by atoms with van der Waals surface area (Å²) in [6.45, 7) is 0.655. The van der Waals surface area contributed by atoms with E-state index >= 15 is 0 Å². The summed E-state index contributed by atoms with van der Waals surface area (Å²) in [5.41, 5.74) is 2.11. The van der Waals surface area contributed by atoms with Crippen molar-refractivity contribution in [3.05, 3.63) is 66.0 Å². The second-order valence-corrected chi connectivity index (χ2v) is 4.56. The highest BCUT2D eigenvalue weighted by Crippen LogP contribution is 2.06. The van der Waals surface area contributed by atoms with Crippen molar-refractivity contribution in [3.8, 4) is 0 Å². The van der Waals surface area contributed by atoms with E-state index in [9.17, 15) is 4.79 Å². The molecule has 0 aliphatic heterocycles. The Morgan fingerprint density at radius 1 is 1.11 bits per heavy atom. The number of benzene rings is 1. The summed E-state index contributed by atoms with van der Waals surface area (Å²) in [6.07, 6.45) is 2.95. The first kappa shape index (κ1) is 13.3. The summed E-state index contributed by atoms with van der Waals surface area (Å²) in [7, 11) is 1.84. The SMILES string of the molecule is CN(Cc1ccccc1)C(=O)CCc1ccccn1. The zero-order valence-electron chi connectivity index (χ0n) is 11.1. The van der Waals surface area contributed by atoms with Gasteiger partial charge in [-0.25, -0.2) is 0 Å². The van der Waals surface area contributed by atoms with E-state index in [1.54, 1.807) is 11.1 Å². The van der Waals surface area contributed by atoms with Crippen molar-refractivity contribution >= 4 is 5.91 Å². The molecule has 0 aliphatic carbocycles. The summed E-state index contributed by atoms with van der Waals surface area (Å²) >= 11 is 0. The van der Waals surface area contributed by atoms with E-state index in [0.717, 1.165) is 11.3 Å². The van der Waals surface area contributed by atoms with Gasteiger partial charge in [-0.2, -0.15) is 0 Å². The first-order valence-corrected chi connectivity index (χ1v) is 6.43. The number of carbonyl (C=O) groups is 1. The fraction of sp³-hybridized carbons (Fsp3) is 0.250. The Labute approximate surface area is 113 Å². The highest BCUT2D eigenvalue weighted by molar-refractivity contribution is 5.76. The van der Waals surface area contributed by atoms with Crippen molar-refractivity contribution in [2.45, 2.75) is 19.4 Å². The van der Waals surface area contributed by atoms with Gasteiger partial charge in [-0.05, 0) is 24.1 Å². The smallest absolute Gasteiger partial charge is 0.223 e. The van der Waals surface area contributed by atoms with E-state index in [1.165, 1.54) is 0 Å². The summed E-state index contributed by atoms with van der Waals surface area (Å²) in [5.74, 6) is 0.148. The Morgan fingerprint density at radius 2 is 1.84 bits per heavy atom.